The Bertz CT molecular complexity index is 1100. The van der Waals surface area contributed by atoms with E-state index in [9.17, 15) is 8.42 Å². The van der Waals surface area contributed by atoms with Crippen molar-refractivity contribution in [3.8, 4) is 0 Å². The molecule has 134 valence electrons. The van der Waals surface area contributed by atoms with Crippen LogP contribution in [0.5, 0.6) is 0 Å². The molecule has 2 heterocycles. The molecule has 0 fully saturated rings. The van der Waals surface area contributed by atoms with Crippen molar-refractivity contribution >= 4 is 42.4 Å². The SMILES string of the molecule is CN1CC=C(c2cn(S(=O)(=O)c3ccccc3)c3ccc(Br)cc23)CC1. The Hall–Kier alpha value is -1.89. The summed E-state index contributed by atoms with van der Waals surface area (Å²) in [7, 11) is -1.55. The second-order valence-electron chi connectivity index (χ2n) is 6.56. The molecule has 1 aliphatic heterocycles. The lowest BCUT2D eigenvalue weighted by atomic mass is 9.99. The summed E-state index contributed by atoms with van der Waals surface area (Å²) < 4.78 is 28.8. The van der Waals surface area contributed by atoms with Crippen molar-refractivity contribution in [1.82, 2.24) is 8.87 Å². The van der Waals surface area contributed by atoms with Crippen molar-refractivity contribution in [3.63, 3.8) is 0 Å². The summed E-state index contributed by atoms with van der Waals surface area (Å²) >= 11 is 3.52. The second kappa shape index (κ2) is 6.68. The van der Waals surface area contributed by atoms with Crippen molar-refractivity contribution in [3.05, 3.63) is 70.8 Å². The van der Waals surface area contributed by atoms with E-state index in [1.807, 2.05) is 24.3 Å². The van der Waals surface area contributed by atoms with Gasteiger partial charge in [0, 0.05) is 34.7 Å². The van der Waals surface area contributed by atoms with Crippen LogP contribution in [0.1, 0.15) is 12.0 Å². The fourth-order valence-corrected chi connectivity index (χ4v) is 5.10. The monoisotopic (exact) mass is 430 g/mol. The quantitative estimate of drug-likeness (QED) is 0.619. The Labute approximate surface area is 161 Å². The van der Waals surface area contributed by atoms with Crippen LogP contribution in [0.15, 0.2) is 70.2 Å². The molecule has 0 radical (unpaired) electrons. The van der Waals surface area contributed by atoms with Gasteiger partial charge in [0.2, 0.25) is 0 Å². The van der Waals surface area contributed by atoms with Crippen LogP contribution in [0.4, 0.5) is 0 Å². The molecule has 6 heteroatoms. The number of fused-ring (bicyclic) bond motifs is 1. The van der Waals surface area contributed by atoms with Gasteiger partial charge in [0.25, 0.3) is 10.0 Å². The minimum absolute atomic E-state index is 0.295. The molecule has 0 spiro atoms. The second-order valence-corrected chi connectivity index (χ2v) is 9.29. The fraction of sp³-hybridized carbons (Fsp3) is 0.200. The van der Waals surface area contributed by atoms with E-state index in [0.717, 1.165) is 34.9 Å². The lowest BCUT2D eigenvalue weighted by Gasteiger charge is -2.21. The van der Waals surface area contributed by atoms with E-state index >= 15 is 0 Å². The standard InChI is InChI=1S/C20H19BrN2O2S/c1-22-11-9-15(10-12-22)19-14-23(20-8-7-16(21)13-18(19)20)26(24,25)17-5-3-2-4-6-17/h2-9,13-14H,10-12H2,1H3. The molecule has 0 unspecified atom stereocenters. The number of rotatable bonds is 3. The molecule has 0 atom stereocenters. The van der Waals surface area contributed by atoms with E-state index < -0.39 is 10.0 Å². The summed E-state index contributed by atoms with van der Waals surface area (Å²) in [6, 6.07) is 14.3. The van der Waals surface area contributed by atoms with Crippen LogP contribution in [0.3, 0.4) is 0 Å². The van der Waals surface area contributed by atoms with Gasteiger partial charge in [-0.2, -0.15) is 0 Å². The van der Waals surface area contributed by atoms with Crippen LogP contribution in [0.25, 0.3) is 16.5 Å². The summed E-state index contributed by atoms with van der Waals surface area (Å²) in [5.41, 5.74) is 2.90. The number of hydrogen-bond acceptors (Lipinski definition) is 3. The zero-order valence-corrected chi connectivity index (χ0v) is 16.8. The molecule has 1 aromatic heterocycles. The third-order valence-corrected chi connectivity index (χ3v) is 6.97. The Morgan fingerprint density at radius 3 is 2.54 bits per heavy atom. The van der Waals surface area contributed by atoms with E-state index in [-0.39, 0.29) is 0 Å². The predicted molar refractivity (Wildman–Crippen MR) is 109 cm³/mol. The van der Waals surface area contributed by atoms with Gasteiger partial charge in [-0.3, -0.25) is 0 Å². The Morgan fingerprint density at radius 2 is 1.85 bits per heavy atom. The highest BCUT2D eigenvalue weighted by atomic mass is 79.9. The topological polar surface area (TPSA) is 42.3 Å². The first kappa shape index (κ1) is 17.5. The number of hydrogen-bond donors (Lipinski definition) is 0. The number of nitrogens with zero attached hydrogens (tertiary/aromatic N) is 2. The Morgan fingerprint density at radius 1 is 1.08 bits per heavy atom. The molecule has 0 saturated heterocycles. The molecule has 26 heavy (non-hydrogen) atoms. The van der Waals surface area contributed by atoms with Crippen molar-refractivity contribution in [2.45, 2.75) is 11.3 Å². The van der Waals surface area contributed by atoms with Crippen molar-refractivity contribution in [1.29, 1.82) is 0 Å². The fourth-order valence-electron chi connectivity index (χ4n) is 3.35. The molecule has 0 aliphatic carbocycles. The molecule has 0 amide bonds. The molecule has 4 nitrogen and oxygen atoms in total. The van der Waals surface area contributed by atoms with Crippen molar-refractivity contribution < 1.29 is 8.42 Å². The molecule has 4 rings (SSSR count). The van der Waals surface area contributed by atoms with Crippen LogP contribution in [-0.2, 0) is 10.0 Å². The van der Waals surface area contributed by atoms with E-state index in [1.165, 1.54) is 9.55 Å². The first-order chi connectivity index (χ1) is 12.5. The molecule has 0 saturated carbocycles. The molecule has 0 bridgehead atoms. The van der Waals surface area contributed by atoms with Gasteiger partial charge in [-0.1, -0.05) is 40.2 Å². The zero-order valence-electron chi connectivity index (χ0n) is 14.4. The van der Waals surface area contributed by atoms with Gasteiger partial charge in [-0.15, -0.1) is 0 Å². The van der Waals surface area contributed by atoms with E-state index in [0.29, 0.717) is 10.4 Å². The van der Waals surface area contributed by atoms with Crippen molar-refractivity contribution in [2.24, 2.45) is 0 Å². The molecule has 0 N–H and O–H groups in total. The lowest BCUT2D eigenvalue weighted by Crippen LogP contribution is -2.23. The summed E-state index contributed by atoms with van der Waals surface area (Å²) in [6.45, 7) is 1.85. The van der Waals surface area contributed by atoms with Gasteiger partial charge in [-0.05, 0) is 49.4 Å². The van der Waals surface area contributed by atoms with Crippen molar-refractivity contribution in [2.75, 3.05) is 20.1 Å². The third kappa shape index (κ3) is 3.02. The van der Waals surface area contributed by atoms with Gasteiger partial charge in [-0.25, -0.2) is 12.4 Å². The van der Waals surface area contributed by atoms with Crippen LogP contribution < -0.4 is 0 Å². The highest BCUT2D eigenvalue weighted by molar-refractivity contribution is 9.10. The summed E-state index contributed by atoms with van der Waals surface area (Å²) in [6.07, 6.45) is 4.88. The molecular formula is C20H19BrN2O2S. The van der Waals surface area contributed by atoms with Gasteiger partial charge in [0.05, 0.1) is 10.4 Å². The number of benzene rings is 2. The third-order valence-electron chi connectivity index (χ3n) is 4.79. The average Bonchev–Trinajstić information content (AvgIpc) is 3.02. The lowest BCUT2D eigenvalue weighted by molar-refractivity contribution is 0.370. The summed E-state index contributed by atoms with van der Waals surface area (Å²) in [5.74, 6) is 0. The maximum Gasteiger partial charge on any atom is 0.268 e. The minimum Gasteiger partial charge on any atom is -0.302 e. The molecule has 2 aromatic carbocycles. The largest absolute Gasteiger partial charge is 0.302 e. The predicted octanol–water partition coefficient (Wildman–Crippen LogP) is 4.36. The van der Waals surface area contributed by atoms with Crippen LogP contribution in [0, 0.1) is 0 Å². The Kier molecular flexibility index (Phi) is 4.50. The van der Waals surface area contributed by atoms with Crippen LogP contribution >= 0.6 is 15.9 Å². The summed E-state index contributed by atoms with van der Waals surface area (Å²) in [4.78, 5) is 2.54. The van der Waals surface area contributed by atoms with Crippen LogP contribution in [-0.4, -0.2) is 37.4 Å². The molecular weight excluding hydrogens is 412 g/mol. The average molecular weight is 431 g/mol. The first-order valence-electron chi connectivity index (χ1n) is 8.46. The number of likely N-dealkylation sites (N-methyl/N-ethyl adjacent to an activating group) is 1. The highest BCUT2D eigenvalue weighted by Gasteiger charge is 2.23. The van der Waals surface area contributed by atoms with E-state index in [2.05, 4.69) is 34.0 Å². The van der Waals surface area contributed by atoms with Gasteiger partial charge in [0.1, 0.15) is 0 Å². The smallest absolute Gasteiger partial charge is 0.268 e. The van der Waals surface area contributed by atoms with Gasteiger partial charge >= 0.3 is 0 Å². The van der Waals surface area contributed by atoms with E-state index in [1.54, 1.807) is 30.5 Å². The minimum atomic E-state index is -3.64. The van der Waals surface area contributed by atoms with Gasteiger partial charge in [0.15, 0.2) is 0 Å². The van der Waals surface area contributed by atoms with Crippen LogP contribution in [0.2, 0.25) is 0 Å². The first-order valence-corrected chi connectivity index (χ1v) is 10.7. The maximum absolute atomic E-state index is 13.2. The van der Waals surface area contributed by atoms with Gasteiger partial charge < -0.3 is 4.90 Å². The summed E-state index contributed by atoms with van der Waals surface area (Å²) in [5, 5.41) is 0.953. The maximum atomic E-state index is 13.2. The normalized spacial score (nSPS) is 16.0. The Balaban J connectivity index is 1.95. The molecule has 1 aliphatic rings. The number of halogens is 1. The zero-order chi connectivity index (χ0) is 18.3. The van der Waals surface area contributed by atoms with E-state index in [4.69, 9.17) is 0 Å². The number of aromatic nitrogens is 1. The molecule has 3 aromatic rings. The highest BCUT2D eigenvalue weighted by Crippen LogP contribution is 2.34.